The molecule has 7 nitrogen and oxygen atoms in total. The van der Waals surface area contributed by atoms with Gasteiger partial charge >= 0.3 is 0 Å². The molecule has 0 aliphatic carbocycles. The zero-order chi connectivity index (χ0) is 19.3. The number of rotatable bonds is 5. The number of thioether (sulfide) groups is 1. The molecule has 1 atom stereocenters. The average molecular weight is 403 g/mol. The van der Waals surface area contributed by atoms with E-state index in [1.165, 1.54) is 17.3 Å². The minimum atomic E-state index is -0.424. The van der Waals surface area contributed by atoms with Gasteiger partial charge in [0.1, 0.15) is 5.25 Å². The van der Waals surface area contributed by atoms with Gasteiger partial charge in [-0.25, -0.2) is 0 Å². The zero-order valence-corrected chi connectivity index (χ0v) is 16.7. The lowest BCUT2D eigenvalue weighted by Crippen LogP contribution is -2.41. The molecule has 0 radical (unpaired) electrons. The zero-order valence-electron chi connectivity index (χ0n) is 15.9. The smallest absolute Gasteiger partial charge is 0.262 e. The largest absolute Gasteiger partial charge is 0.379 e. The van der Waals surface area contributed by atoms with Crippen LogP contribution in [0.1, 0.15) is 18.4 Å². The number of amides is 2. The van der Waals surface area contributed by atoms with E-state index < -0.39 is 5.25 Å². The maximum atomic E-state index is 12.9. The third-order valence-electron chi connectivity index (χ3n) is 5.32. The number of nitrogens with one attached hydrogen (secondary N) is 1. The number of fused-ring (bicyclic) bond motifs is 1. The van der Waals surface area contributed by atoms with E-state index >= 15 is 0 Å². The van der Waals surface area contributed by atoms with Crippen LogP contribution in [0.15, 0.2) is 29.3 Å². The van der Waals surface area contributed by atoms with Crippen molar-refractivity contribution < 1.29 is 14.3 Å². The third kappa shape index (κ3) is 4.56. The van der Waals surface area contributed by atoms with Crippen LogP contribution >= 0.6 is 11.8 Å². The summed E-state index contributed by atoms with van der Waals surface area (Å²) < 4.78 is 5.35. The van der Waals surface area contributed by atoms with E-state index in [1.54, 1.807) is 0 Å². The first kappa shape index (κ1) is 19.4. The molecule has 4 rings (SSSR count). The predicted molar refractivity (Wildman–Crippen MR) is 111 cm³/mol. The second-order valence-electron chi connectivity index (χ2n) is 7.22. The van der Waals surface area contributed by atoms with Gasteiger partial charge in [0.15, 0.2) is 5.17 Å². The third-order valence-corrected chi connectivity index (χ3v) is 6.43. The number of ether oxygens (including phenoxy) is 1. The van der Waals surface area contributed by atoms with Crippen molar-refractivity contribution >= 4 is 34.4 Å². The van der Waals surface area contributed by atoms with Gasteiger partial charge in [-0.15, -0.1) is 0 Å². The molecular weight excluding hydrogens is 376 g/mol. The Morgan fingerprint density at radius 3 is 2.93 bits per heavy atom. The standard InChI is InChI=1S/C20H26N4O3S/c25-18(24-8-3-5-15-4-1-2-6-16(15)24)14-17-19(26)22-20(28-17)21-7-9-23-10-12-27-13-11-23/h1-2,4,6,17H,3,5,7-14H2,(H,21,22,26). The van der Waals surface area contributed by atoms with Crippen molar-refractivity contribution in [2.45, 2.75) is 24.5 Å². The molecule has 1 N–H and O–H groups in total. The molecule has 1 saturated heterocycles. The van der Waals surface area contributed by atoms with Crippen molar-refractivity contribution in [1.82, 2.24) is 10.2 Å². The Kier molecular flexibility index (Phi) is 6.29. The summed E-state index contributed by atoms with van der Waals surface area (Å²) in [5.41, 5.74) is 2.19. The van der Waals surface area contributed by atoms with Crippen LogP contribution in [0.25, 0.3) is 0 Å². The highest BCUT2D eigenvalue weighted by Crippen LogP contribution is 2.30. The topological polar surface area (TPSA) is 74.2 Å². The molecule has 0 spiro atoms. The normalized spacial score (nSPS) is 22.7. The van der Waals surface area contributed by atoms with Crippen LogP contribution in [0.2, 0.25) is 0 Å². The summed E-state index contributed by atoms with van der Waals surface area (Å²) in [5, 5.41) is 3.45. The minimum absolute atomic E-state index is 0.00256. The second kappa shape index (κ2) is 9.07. The summed E-state index contributed by atoms with van der Waals surface area (Å²) >= 11 is 1.38. The highest BCUT2D eigenvalue weighted by molar-refractivity contribution is 8.15. The van der Waals surface area contributed by atoms with E-state index in [9.17, 15) is 9.59 Å². The van der Waals surface area contributed by atoms with Crippen LogP contribution in [-0.4, -0.2) is 73.1 Å². The van der Waals surface area contributed by atoms with E-state index in [0.717, 1.165) is 57.9 Å². The SMILES string of the molecule is O=C1N=C(NCCN2CCOCC2)SC1CC(=O)N1CCCc2ccccc21. The number of para-hydroxylation sites is 1. The first-order valence-electron chi connectivity index (χ1n) is 9.92. The Morgan fingerprint density at radius 1 is 1.25 bits per heavy atom. The predicted octanol–water partition coefficient (Wildman–Crippen LogP) is 1.28. The van der Waals surface area contributed by atoms with Gasteiger partial charge in [0.2, 0.25) is 5.91 Å². The molecule has 1 aromatic rings. The molecule has 3 aliphatic rings. The lowest BCUT2D eigenvalue weighted by Gasteiger charge is -2.30. The van der Waals surface area contributed by atoms with Gasteiger partial charge in [-0.2, -0.15) is 4.99 Å². The van der Waals surface area contributed by atoms with Crippen molar-refractivity contribution in [1.29, 1.82) is 0 Å². The monoisotopic (exact) mass is 402 g/mol. The Hall–Kier alpha value is -1.90. The van der Waals surface area contributed by atoms with Crippen LogP contribution in [0.5, 0.6) is 0 Å². The summed E-state index contributed by atoms with van der Waals surface area (Å²) in [7, 11) is 0. The molecule has 150 valence electrons. The van der Waals surface area contributed by atoms with Gasteiger partial charge in [-0.1, -0.05) is 30.0 Å². The van der Waals surface area contributed by atoms with Gasteiger partial charge < -0.3 is 15.0 Å². The first-order valence-corrected chi connectivity index (χ1v) is 10.8. The number of benzene rings is 1. The Bertz CT molecular complexity index is 764. The Labute approximate surface area is 169 Å². The van der Waals surface area contributed by atoms with E-state index in [4.69, 9.17) is 4.74 Å². The maximum absolute atomic E-state index is 12.9. The number of anilines is 1. The van der Waals surface area contributed by atoms with Crippen molar-refractivity contribution in [3.05, 3.63) is 29.8 Å². The number of aliphatic imine (C=N–C) groups is 1. The summed E-state index contributed by atoms with van der Waals surface area (Å²) in [6.07, 6.45) is 2.15. The number of nitrogens with zero attached hydrogens (tertiary/aromatic N) is 3. The maximum Gasteiger partial charge on any atom is 0.262 e. The second-order valence-corrected chi connectivity index (χ2v) is 8.42. The number of carbonyl (C=O) groups is 2. The molecule has 0 saturated carbocycles. The lowest BCUT2D eigenvalue weighted by molar-refractivity contribution is -0.122. The molecule has 28 heavy (non-hydrogen) atoms. The summed E-state index contributed by atoms with van der Waals surface area (Å²) in [4.78, 5) is 33.4. The highest BCUT2D eigenvalue weighted by atomic mass is 32.2. The first-order chi connectivity index (χ1) is 13.7. The van der Waals surface area contributed by atoms with E-state index in [2.05, 4.69) is 21.3 Å². The number of carbonyl (C=O) groups excluding carboxylic acids is 2. The van der Waals surface area contributed by atoms with Crippen LogP contribution in [0.4, 0.5) is 5.69 Å². The molecule has 1 unspecified atom stereocenters. The van der Waals surface area contributed by atoms with Crippen LogP contribution < -0.4 is 10.2 Å². The Balaban J connectivity index is 1.27. The van der Waals surface area contributed by atoms with Crippen LogP contribution in [0.3, 0.4) is 0 Å². The summed E-state index contributed by atoms with van der Waals surface area (Å²) in [6.45, 7) is 5.77. The molecule has 2 amide bonds. The van der Waals surface area contributed by atoms with Crippen molar-refractivity contribution in [2.24, 2.45) is 4.99 Å². The van der Waals surface area contributed by atoms with Gasteiger partial charge in [0.05, 0.1) is 13.2 Å². The fourth-order valence-corrected chi connectivity index (χ4v) is 4.78. The molecule has 0 bridgehead atoms. The molecule has 8 heteroatoms. The molecule has 1 aromatic carbocycles. The molecule has 0 aromatic heterocycles. The number of hydrogen-bond acceptors (Lipinski definition) is 6. The van der Waals surface area contributed by atoms with E-state index in [0.29, 0.717) is 11.7 Å². The number of aryl methyl sites for hydroxylation is 1. The summed E-state index contributed by atoms with van der Waals surface area (Å²) in [5.74, 6) is -0.208. The quantitative estimate of drug-likeness (QED) is 0.800. The number of amidine groups is 1. The van der Waals surface area contributed by atoms with E-state index in [-0.39, 0.29) is 18.2 Å². The van der Waals surface area contributed by atoms with Crippen molar-refractivity contribution in [3.8, 4) is 0 Å². The van der Waals surface area contributed by atoms with Gasteiger partial charge in [0, 0.05) is 44.8 Å². The fourth-order valence-electron chi connectivity index (χ4n) is 3.80. The van der Waals surface area contributed by atoms with Gasteiger partial charge in [0.25, 0.3) is 5.91 Å². The van der Waals surface area contributed by atoms with Crippen molar-refractivity contribution in [2.75, 3.05) is 50.8 Å². The van der Waals surface area contributed by atoms with Crippen LogP contribution in [-0.2, 0) is 20.7 Å². The molecule has 1 fully saturated rings. The average Bonchev–Trinajstić information content (AvgIpc) is 3.07. The van der Waals surface area contributed by atoms with Crippen LogP contribution in [0, 0.1) is 0 Å². The van der Waals surface area contributed by atoms with Gasteiger partial charge in [-0.05, 0) is 24.5 Å². The highest BCUT2D eigenvalue weighted by Gasteiger charge is 2.33. The lowest BCUT2D eigenvalue weighted by atomic mass is 10.0. The number of morpholine rings is 1. The summed E-state index contributed by atoms with van der Waals surface area (Å²) in [6, 6.07) is 8.03. The fraction of sp³-hybridized carbons (Fsp3) is 0.550. The molecule has 3 heterocycles. The minimum Gasteiger partial charge on any atom is -0.379 e. The molecule has 3 aliphatic heterocycles. The van der Waals surface area contributed by atoms with E-state index in [1.807, 2.05) is 23.1 Å². The van der Waals surface area contributed by atoms with Crippen molar-refractivity contribution in [3.63, 3.8) is 0 Å². The number of hydrogen-bond donors (Lipinski definition) is 1. The Morgan fingerprint density at radius 2 is 2.07 bits per heavy atom. The van der Waals surface area contributed by atoms with Gasteiger partial charge in [-0.3, -0.25) is 14.5 Å². The molecular formula is C20H26N4O3S.